The van der Waals surface area contributed by atoms with Crippen molar-refractivity contribution in [3.05, 3.63) is 28.8 Å². The summed E-state index contributed by atoms with van der Waals surface area (Å²) in [6.45, 7) is 31.7. The molecule has 7 nitrogen and oxygen atoms in total. The number of aromatic hydroxyl groups is 1. The van der Waals surface area contributed by atoms with E-state index in [2.05, 4.69) is 79.3 Å². The molecule has 0 spiro atoms. The van der Waals surface area contributed by atoms with Crippen LogP contribution >= 0.6 is 0 Å². The predicted octanol–water partition coefficient (Wildman–Crippen LogP) is 9.16. The minimum atomic E-state index is -0.600. The summed E-state index contributed by atoms with van der Waals surface area (Å²) in [6.07, 6.45) is 6.01. The first kappa shape index (κ1) is 41.3. The van der Waals surface area contributed by atoms with E-state index in [4.69, 9.17) is 9.47 Å². The van der Waals surface area contributed by atoms with Gasteiger partial charge < -0.3 is 14.6 Å². The fourth-order valence-corrected chi connectivity index (χ4v) is 9.17. The molecule has 1 N–H and O–H groups in total. The first-order valence-electron chi connectivity index (χ1n) is 18.7. The number of esters is 2. The molecule has 0 atom stereocenters. The maximum atomic E-state index is 12.8. The summed E-state index contributed by atoms with van der Waals surface area (Å²) in [4.78, 5) is 30.6. The molecule has 2 heterocycles. The molecule has 2 fully saturated rings. The van der Waals surface area contributed by atoms with Crippen molar-refractivity contribution in [1.82, 2.24) is 9.80 Å². The van der Waals surface area contributed by atoms with Crippen LogP contribution < -0.4 is 0 Å². The van der Waals surface area contributed by atoms with Crippen molar-refractivity contribution in [3.8, 4) is 5.75 Å². The predicted molar refractivity (Wildman–Crippen MR) is 201 cm³/mol. The molecule has 1 aromatic carbocycles. The van der Waals surface area contributed by atoms with Gasteiger partial charge in [0.15, 0.2) is 0 Å². The van der Waals surface area contributed by atoms with Crippen LogP contribution in [0.15, 0.2) is 12.1 Å². The highest BCUT2D eigenvalue weighted by molar-refractivity contribution is 5.91. The summed E-state index contributed by atoms with van der Waals surface area (Å²) in [6, 6.07) is 3.79. The lowest BCUT2D eigenvalue weighted by Crippen LogP contribution is -2.62. The monoisotopic (exact) mass is 685 g/mol. The third-order valence-corrected chi connectivity index (χ3v) is 12.3. The highest BCUT2D eigenvalue weighted by atomic mass is 16.6. The maximum Gasteiger partial charge on any atom is 0.317 e. The Morgan fingerprint density at radius 2 is 1.10 bits per heavy atom. The van der Waals surface area contributed by atoms with E-state index in [1.54, 1.807) is 0 Å². The van der Waals surface area contributed by atoms with Crippen LogP contribution in [0, 0.1) is 17.8 Å². The Labute approximate surface area is 299 Å². The van der Waals surface area contributed by atoms with Gasteiger partial charge in [-0.3, -0.25) is 19.4 Å². The van der Waals surface area contributed by atoms with E-state index in [1.807, 2.05) is 53.7 Å². The van der Waals surface area contributed by atoms with Gasteiger partial charge in [0.25, 0.3) is 0 Å². The average molecular weight is 685 g/mol. The standard InChI is InChI=1S/C42H72N2O5/c1-37(2,3)32-20-28(21-33(36(32)47)38(4,5)6)27-49-35(46)22-34(45)48-19-17-18-31(29-23-39(7,8)43(15)40(9,10)24-29)30-25-41(11,12)44(16)42(13,14)26-30/h20-21,29-31,47H,17-19,22-27H2,1-16H3. The van der Waals surface area contributed by atoms with Crippen LogP contribution in [0.25, 0.3) is 0 Å². The normalized spacial score (nSPS) is 21.9. The molecule has 0 unspecified atom stereocenters. The molecule has 0 saturated carbocycles. The van der Waals surface area contributed by atoms with Gasteiger partial charge in [-0.1, -0.05) is 41.5 Å². The van der Waals surface area contributed by atoms with Crippen LogP contribution in [-0.4, -0.2) is 69.7 Å². The van der Waals surface area contributed by atoms with Crippen LogP contribution in [0.4, 0.5) is 0 Å². The van der Waals surface area contributed by atoms with Gasteiger partial charge >= 0.3 is 11.9 Å². The summed E-state index contributed by atoms with van der Waals surface area (Å²) >= 11 is 0. The third kappa shape index (κ3) is 10.0. The Balaban J connectivity index is 1.64. The van der Waals surface area contributed by atoms with Gasteiger partial charge in [0.2, 0.25) is 0 Å². The topological polar surface area (TPSA) is 79.3 Å². The quantitative estimate of drug-likeness (QED) is 0.150. The van der Waals surface area contributed by atoms with Gasteiger partial charge in [0, 0.05) is 22.2 Å². The van der Waals surface area contributed by atoms with E-state index in [9.17, 15) is 14.7 Å². The molecule has 0 radical (unpaired) electrons. The number of likely N-dealkylation sites (tertiary alicyclic amines) is 2. The SMILES string of the molecule is CN1C(C)(C)CC(C(CCCOC(=O)CC(=O)OCc2cc(C(C)(C)C)c(O)c(C(C)(C)C)c2)C2CC(C)(C)N(C)C(C)(C)C2)CC1(C)C. The van der Waals surface area contributed by atoms with Crippen molar-refractivity contribution in [2.75, 3.05) is 20.7 Å². The van der Waals surface area contributed by atoms with Crippen LogP contribution in [0.2, 0.25) is 0 Å². The number of benzene rings is 1. The largest absolute Gasteiger partial charge is 0.507 e. The molecule has 0 bridgehead atoms. The number of piperidine rings is 2. The zero-order chi connectivity index (χ0) is 37.5. The Bertz CT molecular complexity index is 1220. The highest BCUT2D eigenvalue weighted by Gasteiger charge is 2.50. The highest BCUT2D eigenvalue weighted by Crippen LogP contribution is 2.51. The lowest BCUT2D eigenvalue weighted by Gasteiger charge is -2.59. The summed E-state index contributed by atoms with van der Waals surface area (Å²) in [5.74, 6) is 0.851. The Morgan fingerprint density at radius 3 is 1.47 bits per heavy atom. The number of rotatable bonds is 10. The van der Waals surface area contributed by atoms with Crippen LogP contribution in [0.5, 0.6) is 5.75 Å². The molecule has 2 aliphatic rings. The molecule has 0 amide bonds. The first-order valence-corrected chi connectivity index (χ1v) is 18.7. The van der Waals surface area contributed by atoms with Crippen molar-refractivity contribution in [2.24, 2.45) is 17.8 Å². The fourth-order valence-electron chi connectivity index (χ4n) is 9.17. The fraction of sp³-hybridized carbons (Fsp3) is 0.810. The number of ether oxygens (including phenoxy) is 2. The summed E-state index contributed by atoms with van der Waals surface area (Å²) in [5, 5.41) is 11.0. The smallest absolute Gasteiger partial charge is 0.317 e. The van der Waals surface area contributed by atoms with Gasteiger partial charge in [-0.25, -0.2) is 0 Å². The molecular formula is C42H72N2O5. The van der Waals surface area contributed by atoms with Gasteiger partial charge in [0.1, 0.15) is 18.8 Å². The second-order valence-electron chi connectivity index (χ2n) is 20.1. The Kier molecular flexibility index (Phi) is 12.2. The van der Waals surface area contributed by atoms with Gasteiger partial charge in [-0.15, -0.1) is 0 Å². The molecule has 0 aliphatic carbocycles. The molecule has 0 aromatic heterocycles. The number of nitrogens with zero attached hydrogens (tertiary/aromatic N) is 2. The average Bonchev–Trinajstić information content (AvgIpc) is 2.92. The molecule has 280 valence electrons. The summed E-state index contributed by atoms with van der Waals surface area (Å²) in [7, 11) is 4.54. The van der Waals surface area contributed by atoms with Gasteiger partial charge in [-0.05, 0) is 165 Å². The van der Waals surface area contributed by atoms with Crippen molar-refractivity contribution in [1.29, 1.82) is 0 Å². The number of carbonyl (C=O) groups is 2. The Morgan fingerprint density at radius 1 is 0.735 bits per heavy atom. The van der Waals surface area contributed by atoms with E-state index in [1.165, 1.54) is 0 Å². The van der Waals surface area contributed by atoms with Gasteiger partial charge in [-0.2, -0.15) is 0 Å². The van der Waals surface area contributed by atoms with Gasteiger partial charge in [0.05, 0.1) is 6.61 Å². The maximum absolute atomic E-state index is 12.8. The first-order chi connectivity index (χ1) is 22.1. The van der Waals surface area contributed by atoms with E-state index in [0.717, 1.165) is 55.2 Å². The number of phenolic OH excluding ortho intramolecular Hbond substituents is 1. The number of phenols is 1. The molecule has 3 rings (SSSR count). The molecule has 49 heavy (non-hydrogen) atoms. The lowest BCUT2D eigenvalue weighted by atomic mass is 9.60. The van der Waals surface area contributed by atoms with E-state index >= 15 is 0 Å². The Hall–Kier alpha value is -2.12. The molecule has 7 heteroatoms. The molecular weight excluding hydrogens is 612 g/mol. The van der Waals surface area contributed by atoms with Crippen molar-refractivity contribution in [3.63, 3.8) is 0 Å². The lowest BCUT2D eigenvalue weighted by molar-refractivity contribution is -0.155. The van der Waals surface area contributed by atoms with E-state index in [-0.39, 0.29) is 45.3 Å². The minimum absolute atomic E-state index is 0.0345. The summed E-state index contributed by atoms with van der Waals surface area (Å²) in [5.41, 5.74) is 2.27. The van der Waals surface area contributed by atoms with Crippen LogP contribution in [-0.2, 0) is 36.5 Å². The van der Waals surface area contributed by atoms with Crippen LogP contribution in [0.1, 0.15) is 159 Å². The van der Waals surface area contributed by atoms with E-state index < -0.39 is 18.4 Å². The number of hydrogen-bond acceptors (Lipinski definition) is 7. The molecule has 1 aromatic rings. The summed E-state index contributed by atoms with van der Waals surface area (Å²) < 4.78 is 11.2. The molecule has 2 aliphatic heterocycles. The third-order valence-electron chi connectivity index (χ3n) is 12.3. The van der Waals surface area contributed by atoms with Crippen LogP contribution in [0.3, 0.4) is 0 Å². The minimum Gasteiger partial charge on any atom is -0.507 e. The van der Waals surface area contributed by atoms with Crippen molar-refractivity contribution in [2.45, 2.75) is 181 Å². The second-order valence-corrected chi connectivity index (χ2v) is 20.1. The number of hydrogen-bond donors (Lipinski definition) is 1. The number of carbonyl (C=O) groups excluding carboxylic acids is 2. The second kappa shape index (κ2) is 14.5. The zero-order valence-electron chi connectivity index (χ0n) is 34.2. The zero-order valence-corrected chi connectivity index (χ0v) is 34.2. The van der Waals surface area contributed by atoms with E-state index in [0.29, 0.717) is 24.4 Å². The van der Waals surface area contributed by atoms with Crippen molar-refractivity contribution < 1.29 is 24.2 Å². The molecule has 2 saturated heterocycles. The van der Waals surface area contributed by atoms with Crippen molar-refractivity contribution >= 4 is 11.9 Å².